The standard InChI is InChI=1S/C21H19Cl2FN4O2S/c22-16-4-1-5-17(19(16)23)25-18(29)12-31-21-27-26-20(13-6-8-14(24)9-7-13)28(21)11-15-3-2-10-30-15/h1,4-9,15H,2-3,10-12H2,(H,25,29). The predicted molar refractivity (Wildman–Crippen MR) is 120 cm³/mol. The molecule has 1 aliphatic rings. The van der Waals surface area contributed by atoms with Crippen molar-refractivity contribution in [3.05, 3.63) is 58.3 Å². The van der Waals surface area contributed by atoms with Crippen LogP contribution < -0.4 is 5.32 Å². The van der Waals surface area contributed by atoms with Crippen LogP contribution in [0.25, 0.3) is 11.4 Å². The Balaban J connectivity index is 1.51. The van der Waals surface area contributed by atoms with Crippen LogP contribution in [0.5, 0.6) is 0 Å². The van der Waals surface area contributed by atoms with Crippen LogP contribution >= 0.6 is 35.0 Å². The van der Waals surface area contributed by atoms with Crippen molar-refractivity contribution in [3.63, 3.8) is 0 Å². The molecule has 4 rings (SSSR count). The summed E-state index contributed by atoms with van der Waals surface area (Å²) in [5, 5.41) is 12.6. The molecule has 0 radical (unpaired) electrons. The number of ether oxygens (including phenoxy) is 1. The minimum Gasteiger partial charge on any atom is -0.376 e. The number of anilines is 1. The Morgan fingerprint density at radius 2 is 2.03 bits per heavy atom. The van der Waals surface area contributed by atoms with Crippen LogP contribution in [0.3, 0.4) is 0 Å². The molecule has 2 heterocycles. The van der Waals surface area contributed by atoms with E-state index in [-0.39, 0.29) is 23.6 Å². The number of rotatable bonds is 7. The van der Waals surface area contributed by atoms with Crippen LogP contribution in [0.2, 0.25) is 10.0 Å². The van der Waals surface area contributed by atoms with Gasteiger partial charge in [-0.2, -0.15) is 0 Å². The van der Waals surface area contributed by atoms with Crippen LogP contribution in [0.4, 0.5) is 10.1 Å². The number of hydrogen-bond acceptors (Lipinski definition) is 5. The smallest absolute Gasteiger partial charge is 0.234 e. The lowest BCUT2D eigenvalue weighted by atomic mass is 10.2. The summed E-state index contributed by atoms with van der Waals surface area (Å²) >= 11 is 13.4. The van der Waals surface area contributed by atoms with E-state index in [2.05, 4.69) is 15.5 Å². The zero-order chi connectivity index (χ0) is 21.8. The SMILES string of the molecule is O=C(CSc1nnc(-c2ccc(F)cc2)n1CC1CCCO1)Nc1cccc(Cl)c1Cl. The van der Waals surface area contributed by atoms with Gasteiger partial charge in [0.05, 0.1) is 34.1 Å². The highest BCUT2D eigenvalue weighted by Crippen LogP contribution is 2.30. The molecule has 1 fully saturated rings. The number of benzene rings is 2. The highest BCUT2D eigenvalue weighted by atomic mass is 35.5. The second-order valence-electron chi connectivity index (χ2n) is 7.00. The average molecular weight is 481 g/mol. The van der Waals surface area contributed by atoms with Gasteiger partial charge in [-0.05, 0) is 49.2 Å². The Bertz CT molecular complexity index is 1070. The predicted octanol–water partition coefficient (Wildman–Crippen LogP) is 5.30. The van der Waals surface area contributed by atoms with Gasteiger partial charge in [-0.1, -0.05) is 41.0 Å². The molecule has 1 saturated heterocycles. The fraction of sp³-hybridized carbons (Fsp3) is 0.286. The minimum absolute atomic E-state index is 0.0497. The monoisotopic (exact) mass is 480 g/mol. The van der Waals surface area contributed by atoms with Gasteiger partial charge in [0.25, 0.3) is 0 Å². The van der Waals surface area contributed by atoms with E-state index < -0.39 is 0 Å². The Morgan fingerprint density at radius 1 is 1.23 bits per heavy atom. The van der Waals surface area contributed by atoms with Gasteiger partial charge in [0.1, 0.15) is 5.82 Å². The number of halogens is 3. The molecule has 10 heteroatoms. The molecular weight excluding hydrogens is 462 g/mol. The van der Waals surface area contributed by atoms with Gasteiger partial charge in [0.2, 0.25) is 5.91 Å². The van der Waals surface area contributed by atoms with Gasteiger partial charge >= 0.3 is 0 Å². The minimum atomic E-state index is -0.320. The van der Waals surface area contributed by atoms with Crippen molar-refractivity contribution in [3.8, 4) is 11.4 Å². The first-order chi connectivity index (χ1) is 15.0. The molecule has 1 amide bonds. The van der Waals surface area contributed by atoms with Crippen LogP contribution in [-0.2, 0) is 16.1 Å². The van der Waals surface area contributed by atoms with Crippen LogP contribution in [0.15, 0.2) is 47.6 Å². The topological polar surface area (TPSA) is 69.0 Å². The molecule has 0 aliphatic carbocycles. The Labute approximate surface area is 193 Å². The van der Waals surface area contributed by atoms with Crippen molar-refractivity contribution >= 4 is 46.6 Å². The van der Waals surface area contributed by atoms with E-state index in [1.54, 1.807) is 30.3 Å². The molecule has 3 aromatic rings. The Morgan fingerprint density at radius 3 is 2.77 bits per heavy atom. The first kappa shape index (κ1) is 22.1. The van der Waals surface area contributed by atoms with Crippen molar-refractivity contribution in [1.82, 2.24) is 14.8 Å². The van der Waals surface area contributed by atoms with Gasteiger partial charge in [-0.15, -0.1) is 10.2 Å². The molecule has 1 unspecified atom stereocenters. The van der Waals surface area contributed by atoms with Crippen molar-refractivity contribution in [1.29, 1.82) is 0 Å². The molecule has 1 aliphatic heterocycles. The number of amides is 1. The van der Waals surface area contributed by atoms with Crippen LogP contribution in [0.1, 0.15) is 12.8 Å². The van der Waals surface area contributed by atoms with Crippen LogP contribution in [-0.4, -0.2) is 39.1 Å². The summed E-state index contributed by atoms with van der Waals surface area (Å²) in [6.07, 6.45) is 2.00. The maximum absolute atomic E-state index is 13.3. The summed E-state index contributed by atoms with van der Waals surface area (Å²) in [4.78, 5) is 12.5. The number of hydrogen-bond donors (Lipinski definition) is 1. The van der Waals surface area contributed by atoms with Crippen LogP contribution in [0, 0.1) is 5.82 Å². The van der Waals surface area contributed by atoms with E-state index in [0.29, 0.717) is 33.3 Å². The van der Waals surface area contributed by atoms with Crippen molar-refractivity contribution in [2.45, 2.75) is 30.6 Å². The van der Waals surface area contributed by atoms with E-state index in [1.165, 1.54) is 23.9 Å². The first-order valence-electron chi connectivity index (χ1n) is 9.68. The van der Waals surface area contributed by atoms with Gasteiger partial charge in [0, 0.05) is 12.2 Å². The highest BCUT2D eigenvalue weighted by molar-refractivity contribution is 7.99. The van der Waals surface area contributed by atoms with E-state index in [4.69, 9.17) is 27.9 Å². The zero-order valence-electron chi connectivity index (χ0n) is 16.4. The van der Waals surface area contributed by atoms with Gasteiger partial charge in [-0.3, -0.25) is 9.36 Å². The second kappa shape index (κ2) is 9.99. The van der Waals surface area contributed by atoms with Crippen molar-refractivity contribution < 1.29 is 13.9 Å². The third-order valence-corrected chi connectivity index (χ3v) is 6.57. The molecule has 2 aromatic carbocycles. The van der Waals surface area contributed by atoms with Gasteiger partial charge < -0.3 is 10.1 Å². The number of carbonyl (C=O) groups excluding carboxylic acids is 1. The first-order valence-corrected chi connectivity index (χ1v) is 11.4. The number of aromatic nitrogens is 3. The summed E-state index contributed by atoms with van der Waals surface area (Å²) in [5.41, 5.74) is 1.20. The van der Waals surface area contributed by atoms with E-state index in [9.17, 15) is 9.18 Å². The Kier molecular flexibility index (Phi) is 7.12. The summed E-state index contributed by atoms with van der Waals surface area (Å²) < 4.78 is 21.0. The maximum atomic E-state index is 13.3. The summed E-state index contributed by atoms with van der Waals surface area (Å²) in [5.74, 6) is 0.149. The molecule has 6 nitrogen and oxygen atoms in total. The number of nitrogens with zero attached hydrogens (tertiary/aromatic N) is 3. The molecular formula is C21H19Cl2FN4O2S. The van der Waals surface area contributed by atoms with Crippen molar-refractivity contribution in [2.75, 3.05) is 17.7 Å². The van der Waals surface area contributed by atoms with E-state index >= 15 is 0 Å². The molecule has 1 aromatic heterocycles. The van der Waals surface area contributed by atoms with Gasteiger partial charge in [0.15, 0.2) is 11.0 Å². The largest absolute Gasteiger partial charge is 0.376 e. The number of carbonyl (C=O) groups is 1. The summed E-state index contributed by atoms with van der Waals surface area (Å²) in [6, 6.07) is 11.1. The lowest BCUT2D eigenvalue weighted by molar-refractivity contribution is -0.113. The normalized spacial score (nSPS) is 15.9. The molecule has 0 bridgehead atoms. The second-order valence-corrected chi connectivity index (χ2v) is 8.72. The highest BCUT2D eigenvalue weighted by Gasteiger charge is 2.22. The zero-order valence-corrected chi connectivity index (χ0v) is 18.7. The van der Waals surface area contributed by atoms with Gasteiger partial charge in [-0.25, -0.2) is 4.39 Å². The molecule has 0 saturated carbocycles. The molecule has 1 atom stereocenters. The third-order valence-electron chi connectivity index (χ3n) is 4.79. The fourth-order valence-electron chi connectivity index (χ4n) is 3.28. The van der Waals surface area contributed by atoms with Crippen molar-refractivity contribution in [2.24, 2.45) is 0 Å². The third kappa shape index (κ3) is 5.38. The summed E-state index contributed by atoms with van der Waals surface area (Å²) in [7, 11) is 0. The molecule has 1 N–H and O–H groups in total. The van der Waals surface area contributed by atoms with E-state index in [1.807, 2.05) is 4.57 Å². The number of nitrogens with one attached hydrogen (secondary N) is 1. The quantitative estimate of drug-likeness (QED) is 0.464. The molecule has 162 valence electrons. The lowest BCUT2D eigenvalue weighted by Crippen LogP contribution is -2.18. The average Bonchev–Trinajstić information content (AvgIpc) is 3.41. The maximum Gasteiger partial charge on any atom is 0.234 e. The molecule has 0 spiro atoms. The Hall–Kier alpha value is -2.13. The number of thioether (sulfide) groups is 1. The fourth-order valence-corrected chi connectivity index (χ4v) is 4.38. The molecule has 31 heavy (non-hydrogen) atoms. The lowest BCUT2D eigenvalue weighted by Gasteiger charge is -2.15. The summed E-state index contributed by atoms with van der Waals surface area (Å²) in [6.45, 7) is 1.29. The van der Waals surface area contributed by atoms with E-state index in [0.717, 1.165) is 25.0 Å².